The van der Waals surface area contributed by atoms with E-state index in [1.165, 1.54) is 0 Å². The largest absolute Gasteiger partial charge is 0.450 e. The van der Waals surface area contributed by atoms with Crippen LogP contribution in [0, 0.1) is 13.2 Å². The second kappa shape index (κ2) is 3.35. The fourth-order valence-corrected chi connectivity index (χ4v) is 2.27. The van der Waals surface area contributed by atoms with Gasteiger partial charge in [-0.15, -0.1) is 11.3 Å². The van der Waals surface area contributed by atoms with Crippen LogP contribution in [0.3, 0.4) is 0 Å². The number of thiazole rings is 1. The molecule has 0 aliphatic rings. The first-order chi connectivity index (χ1) is 7.74. The highest BCUT2D eigenvalue weighted by atomic mass is 32.1. The molecule has 3 nitrogen and oxygen atoms in total. The highest BCUT2D eigenvalue weighted by molar-refractivity contribution is 7.09. The van der Waals surface area contributed by atoms with E-state index in [1.54, 1.807) is 11.3 Å². The van der Waals surface area contributed by atoms with Gasteiger partial charge in [0.15, 0.2) is 6.26 Å². The van der Waals surface area contributed by atoms with E-state index in [4.69, 9.17) is 10.2 Å². The third-order valence-corrected chi connectivity index (χ3v) is 3.23. The van der Waals surface area contributed by atoms with E-state index in [0.29, 0.717) is 5.69 Å². The van der Waals surface area contributed by atoms with Crippen LogP contribution in [-0.4, -0.2) is 4.98 Å². The summed E-state index contributed by atoms with van der Waals surface area (Å²) in [5.41, 5.74) is 9.02. The van der Waals surface area contributed by atoms with Crippen molar-refractivity contribution in [1.29, 1.82) is 0 Å². The summed E-state index contributed by atoms with van der Waals surface area (Å²) >= 11 is 1.64. The number of anilines is 1. The molecule has 2 N–H and O–H groups in total. The molecule has 0 amide bonds. The molecule has 0 saturated carbocycles. The standard InChI is InChI=1S/C12H9N2OS/c1-7-14-11(6-16-7)8-2-3-9-10(13)5-15-12(9)4-8/h2-4,6H,13H2,1H3. The zero-order valence-corrected chi connectivity index (χ0v) is 9.47. The molecular weight excluding hydrogens is 220 g/mol. The number of aryl methyl sites for hydroxylation is 1. The lowest BCUT2D eigenvalue weighted by molar-refractivity contribution is 0.607. The summed E-state index contributed by atoms with van der Waals surface area (Å²) in [5.74, 6) is 0. The zero-order valence-electron chi connectivity index (χ0n) is 8.65. The average molecular weight is 229 g/mol. The first kappa shape index (κ1) is 9.42. The molecule has 0 aliphatic carbocycles. The van der Waals surface area contributed by atoms with Gasteiger partial charge in [-0.2, -0.15) is 0 Å². The lowest BCUT2D eigenvalue weighted by Crippen LogP contribution is -1.81. The molecule has 2 heterocycles. The summed E-state index contributed by atoms with van der Waals surface area (Å²) in [7, 11) is 0. The van der Waals surface area contributed by atoms with Crippen LogP contribution in [0.25, 0.3) is 22.2 Å². The van der Waals surface area contributed by atoms with Gasteiger partial charge < -0.3 is 10.2 Å². The number of hydrogen-bond donors (Lipinski definition) is 1. The maximum absolute atomic E-state index is 5.71. The van der Waals surface area contributed by atoms with Gasteiger partial charge in [0.25, 0.3) is 0 Å². The van der Waals surface area contributed by atoms with Gasteiger partial charge in [-0.05, 0) is 19.1 Å². The summed E-state index contributed by atoms with van der Waals surface area (Å²) in [4.78, 5) is 4.43. The summed E-state index contributed by atoms with van der Waals surface area (Å²) in [6, 6.07) is 5.88. The van der Waals surface area contributed by atoms with Crippen molar-refractivity contribution >= 4 is 28.0 Å². The van der Waals surface area contributed by atoms with E-state index in [1.807, 2.05) is 30.5 Å². The number of furan rings is 1. The van der Waals surface area contributed by atoms with Gasteiger partial charge in [0, 0.05) is 16.3 Å². The Balaban J connectivity index is 2.18. The second-order valence-electron chi connectivity index (χ2n) is 3.58. The van der Waals surface area contributed by atoms with Gasteiger partial charge >= 0.3 is 0 Å². The van der Waals surface area contributed by atoms with E-state index < -0.39 is 0 Å². The third kappa shape index (κ3) is 1.39. The Morgan fingerprint density at radius 2 is 2.31 bits per heavy atom. The van der Waals surface area contributed by atoms with Gasteiger partial charge in [-0.25, -0.2) is 4.98 Å². The van der Waals surface area contributed by atoms with Crippen LogP contribution in [-0.2, 0) is 0 Å². The normalized spacial score (nSPS) is 11.1. The maximum Gasteiger partial charge on any atom is 0.195 e. The molecule has 79 valence electrons. The minimum atomic E-state index is 0.552. The van der Waals surface area contributed by atoms with Crippen molar-refractivity contribution in [3.63, 3.8) is 0 Å². The number of hydrogen-bond acceptors (Lipinski definition) is 4. The van der Waals surface area contributed by atoms with Gasteiger partial charge in [-0.3, -0.25) is 0 Å². The predicted octanol–water partition coefficient (Wildman–Crippen LogP) is 3.25. The first-order valence-electron chi connectivity index (χ1n) is 4.86. The number of benzene rings is 1. The molecular formula is C12H9N2OS. The number of nitrogens with two attached hydrogens (primary N) is 1. The van der Waals surface area contributed by atoms with Crippen molar-refractivity contribution in [2.75, 3.05) is 5.73 Å². The van der Waals surface area contributed by atoms with Crippen LogP contribution < -0.4 is 5.73 Å². The Labute approximate surface area is 96.5 Å². The van der Waals surface area contributed by atoms with Crippen molar-refractivity contribution in [3.05, 3.63) is 34.8 Å². The van der Waals surface area contributed by atoms with E-state index in [9.17, 15) is 0 Å². The molecule has 0 bridgehead atoms. The van der Waals surface area contributed by atoms with Crippen LogP contribution in [0.1, 0.15) is 5.01 Å². The Morgan fingerprint density at radius 1 is 1.44 bits per heavy atom. The molecule has 16 heavy (non-hydrogen) atoms. The van der Waals surface area contributed by atoms with Gasteiger partial charge in [0.2, 0.25) is 0 Å². The van der Waals surface area contributed by atoms with Gasteiger partial charge in [-0.1, -0.05) is 6.07 Å². The Morgan fingerprint density at radius 3 is 3.06 bits per heavy atom. The summed E-state index contributed by atoms with van der Waals surface area (Å²) in [5, 5.41) is 3.99. The monoisotopic (exact) mass is 229 g/mol. The van der Waals surface area contributed by atoms with Crippen molar-refractivity contribution in [2.24, 2.45) is 0 Å². The van der Waals surface area contributed by atoms with Crippen molar-refractivity contribution in [2.45, 2.75) is 6.92 Å². The summed E-state index contributed by atoms with van der Waals surface area (Å²) in [6.07, 6.45) is 2.65. The second-order valence-corrected chi connectivity index (χ2v) is 4.64. The first-order valence-corrected chi connectivity index (χ1v) is 5.74. The lowest BCUT2D eigenvalue weighted by atomic mass is 10.1. The highest BCUT2D eigenvalue weighted by Gasteiger charge is 2.07. The van der Waals surface area contributed by atoms with E-state index in [2.05, 4.69) is 11.2 Å². The van der Waals surface area contributed by atoms with Crippen LogP contribution in [0.15, 0.2) is 28.0 Å². The topological polar surface area (TPSA) is 52.0 Å². The molecule has 0 fully saturated rings. The van der Waals surface area contributed by atoms with E-state index >= 15 is 0 Å². The number of nitrogen functional groups attached to an aromatic ring is 1. The van der Waals surface area contributed by atoms with Gasteiger partial charge in [0.1, 0.15) is 5.58 Å². The number of fused-ring (bicyclic) bond motifs is 1. The van der Waals surface area contributed by atoms with Crippen molar-refractivity contribution < 1.29 is 4.42 Å². The van der Waals surface area contributed by atoms with E-state index in [0.717, 1.165) is 27.2 Å². The van der Waals surface area contributed by atoms with Crippen LogP contribution >= 0.6 is 11.3 Å². The summed E-state index contributed by atoms with van der Waals surface area (Å²) in [6.45, 7) is 1.99. The van der Waals surface area contributed by atoms with Crippen LogP contribution in [0.5, 0.6) is 0 Å². The lowest BCUT2D eigenvalue weighted by Gasteiger charge is -1.96. The van der Waals surface area contributed by atoms with Crippen molar-refractivity contribution in [3.8, 4) is 11.3 Å². The predicted molar refractivity (Wildman–Crippen MR) is 65.3 cm³/mol. The van der Waals surface area contributed by atoms with Gasteiger partial charge in [0.05, 0.1) is 16.4 Å². The highest BCUT2D eigenvalue weighted by Crippen LogP contribution is 2.28. The molecule has 3 aromatic rings. The Bertz CT molecular complexity index is 654. The average Bonchev–Trinajstić information content (AvgIpc) is 2.86. The SMILES string of the molecule is Cc1nc(-c2ccc3c(N)[c]oc3c2)cs1. The number of nitrogens with zero attached hydrogens (tertiary/aromatic N) is 1. The number of aromatic nitrogens is 1. The summed E-state index contributed by atoms with van der Waals surface area (Å²) < 4.78 is 5.24. The molecule has 0 unspecified atom stereocenters. The fraction of sp³-hybridized carbons (Fsp3) is 0.0833. The molecule has 0 saturated heterocycles. The minimum absolute atomic E-state index is 0.552. The maximum atomic E-state index is 5.71. The molecule has 3 rings (SSSR count). The minimum Gasteiger partial charge on any atom is -0.450 e. The smallest absolute Gasteiger partial charge is 0.195 e. The molecule has 0 aliphatic heterocycles. The molecule has 4 heteroatoms. The molecule has 2 aromatic heterocycles. The molecule has 0 spiro atoms. The quantitative estimate of drug-likeness (QED) is 0.696. The number of rotatable bonds is 1. The van der Waals surface area contributed by atoms with Crippen LogP contribution in [0.2, 0.25) is 0 Å². The third-order valence-electron chi connectivity index (χ3n) is 2.46. The molecule has 1 radical (unpaired) electrons. The van der Waals surface area contributed by atoms with E-state index in [-0.39, 0.29) is 0 Å². The Kier molecular flexibility index (Phi) is 1.97. The molecule has 1 aromatic carbocycles. The molecule has 0 atom stereocenters. The fourth-order valence-electron chi connectivity index (χ4n) is 1.65. The zero-order chi connectivity index (χ0) is 11.1. The van der Waals surface area contributed by atoms with Crippen LogP contribution in [0.4, 0.5) is 5.69 Å². The van der Waals surface area contributed by atoms with Crippen molar-refractivity contribution in [1.82, 2.24) is 4.98 Å². The Hall–Kier alpha value is -1.81.